The van der Waals surface area contributed by atoms with Gasteiger partial charge in [-0.2, -0.15) is 0 Å². The number of likely N-dealkylation sites (tertiary alicyclic amines) is 1. The average molecular weight is 297 g/mol. The molecule has 0 radical (unpaired) electrons. The quantitative estimate of drug-likeness (QED) is 0.834. The zero-order valence-corrected chi connectivity index (χ0v) is 14.1. The molecule has 2 fully saturated rings. The SMILES string of the molecule is CC(C)N1CCC(NC2CC(NC(=O)OC(C)(C)C)C2)C1. The number of hydrogen-bond donors (Lipinski definition) is 2. The van der Waals surface area contributed by atoms with Gasteiger partial charge in [-0.05, 0) is 60.4 Å². The lowest BCUT2D eigenvalue weighted by Crippen LogP contribution is -2.55. The molecule has 1 aliphatic heterocycles. The molecule has 2 rings (SSSR count). The normalized spacial score (nSPS) is 30.3. The first-order valence-electron chi connectivity index (χ1n) is 8.22. The predicted molar refractivity (Wildman–Crippen MR) is 84.4 cm³/mol. The Bertz CT molecular complexity index is 359. The van der Waals surface area contributed by atoms with Crippen LogP contribution in [0.2, 0.25) is 0 Å². The molecule has 0 aromatic carbocycles. The number of alkyl carbamates (subject to hydrolysis) is 1. The molecule has 5 heteroatoms. The summed E-state index contributed by atoms with van der Waals surface area (Å²) < 4.78 is 5.28. The van der Waals surface area contributed by atoms with Crippen LogP contribution in [-0.4, -0.2) is 53.9 Å². The summed E-state index contributed by atoms with van der Waals surface area (Å²) in [4.78, 5) is 14.2. The van der Waals surface area contributed by atoms with Crippen LogP contribution in [0.1, 0.15) is 53.9 Å². The van der Waals surface area contributed by atoms with Crippen molar-refractivity contribution >= 4 is 6.09 Å². The van der Waals surface area contributed by atoms with Gasteiger partial charge in [-0.3, -0.25) is 4.90 Å². The summed E-state index contributed by atoms with van der Waals surface area (Å²) >= 11 is 0. The highest BCUT2D eigenvalue weighted by Crippen LogP contribution is 2.23. The summed E-state index contributed by atoms with van der Waals surface area (Å²) in [5.41, 5.74) is -0.421. The third-order valence-corrected chi connectivity index (χ3v) is 4.28. The largest absolute Gasteiger partial charge is 0.444 e. The van der Waals surface area contributed by atoms with Gasteiger partial charge < -0.3 is 15.4 Å². The van der Waals surface area contributed by atoms with Gasteiger partial charge in [0.2, 0.25) is 0 Å². The second-order valence-electron chi connectivity index (χ2n) is 7.75. The molecule has 0 bridgehead atoms. The first-order valence-corrected chi connectivity index (χ1v) is 8.22. The Labute approximate surface area is 128 Å². The molecule has 0 spiro atoms. The molecule has 1 amide bonds. The van der Waals surface area contributed by atoms with Crippen LogP contribution in [-0.2, 0) is 4.74 Å². The van der Waals surface area contributed by atoms with Gasteiger partial charge >= 0.3 is 6.09 Å². The zero-order chi connectivity index (χ0) is 15.6. The molecule has 0 aromatic rings. The highest BCUT2D eigenvalue weighted by Gasteiger charge is 2.34. The van der Waals surface area contributed by atoms with Crippen LogP contribution in [0.4, 0.5) is 4.79 Å². The molecule has 1 saturated carbocycles. The van der Waals surface area contributed by atoms with E-state index in [0.29, 0.717) is 18.1 Å². The number of amides is 1. The smallest absolute Gasteiger partial charge is 0.407 e. The first kappa shape index (κ1) is 16.6. The van der Waals surface area contributed by atoms with Crippen molar-refractivity contribution in [3.05, 3.63) is 0 Å². The number of nitrogens with zero attached hydrogens (tertiary/aromatic N) is 1. The fraction of sp³-hybridized carbons (Fsp3) is 0.938. The molecule has 21 heavy (non-hydrogen) atoms. The number of carbonyl (C=O) groups is 1. The van der Waals surface area contributed by atoms with E-state index in [1.165, 1.54) is 13.0 Å². The van der Waals surface area contributed by atoms with E-state index in [2.05, 4.69) is 29.4 Å². The summed E-state index contributed by atoms with van der Waals surface area (Å²) in [6.07, 6.45) is 2.96. The first-order chi connectivity index (χ1) is 9.73. The molecule has 0 aromatic heterocycles. The number of ether oxygens (including phenoxy) is 1. The van der Waals surface area contributed by atoms with Crippen molar-refractivity contribution in [1.29, 1.82) is 0 Å². The maximum absolute atomic E-state index is 11.7. The molecule has 1 saturated heterocycles. The summed E-state index contributed by atoms with van der Waals surface area (Å²) in [6, 6.07) is 2.06. The highest BCUT2D eigenvalue weighted by molar-refractivity contribution is 5.68. The summed E-state index contributed by atoms with van der Waals surface area (Å²) in [5, 5.41) is 6.66. The lowest BCUT2D eigenvalue weighted by Gasteiger charge is -2.38. The lowest BCUT2D eigenvalue weighted by molar-refractivity contribution is 0.0463. The van der Waals surface area contributed by atoms with Crippen molar-refractivity contribution in [2.45, 2.75) is 83.6 Å². The maximum Gasteiger partial charge on any atom is 0.407 e. The summed E-state index contributed by atoms with van der Waals surface area (Å²) in [6.45, 7) is 12.5. The Balaban J connectivity index is 1.61. The molecule has 1 unspecified atom stereocenters. The molecule has 5 nitrogen and oxygen atoms in total. The van der Waals surface area contributed by atoms with Crippen LogP contribution in [0.15, 0.2) is 0 Å². The summed E-state index contributed by atoms with van der Waals surface area (Å²) in [7, 11) is 0. The standard InChI is InChI=1S/C16H31N3O2/c1-11(2)19-7-6-12(10-19)17-13-8-14(9-13)18-15(20)21-16(3,4)5/h11-14,17H,6-10H2,1-5H3,(H,18,20). The third-order valence-electron chi connectivity index (χ3n) is 4.28. The Kier molecular flexibility index (Phi) is 5.15. The van der Waals surface area contributed by atoms with E-state index in [-0.39, 0.29) is 12.1 Å². The molecular weight excluding hydrogens is 266 g/mol. The third kappa shape index (κ3) is 5.15. The molecule has 2 N–H and O–H groups in total. The van der Waals surface area contributed by atoms with Crippen LogP contribution in [0.25, 0.3) is 0 Å². The molecule has 122 valence electrons. The van der Waals surface area contributed by atoms with Crippen molar-refractivity contribution < 1.29 is 9.53 Å². The van der Waals surface area contributed by atoms with E-state index in [1.807, 2.05) is 20.8 Å². The van der Waals surface area contributed by atoms with Crippen LogP contribution < -0.4 is 10.6 Å². The van der Waals surface area contributed by atoms with Crippen molar-refractivity contribution in [2.24, 2.45) is 0 Å². The van der Waals surface area contributed by atoms with E-state index in [4.69, 9.17) is 4.74 Å². The second kappa shape index (κ2) is 6.53. The van der Waals surface area contributed by atoms with Gasteiger partial charge in [0, 0.05) is 30.7 Å². The molecular formula is C16H31N3O2. The van der Waals surface area contributed by atoms with Crippen LogP contribution in [0.3, 0.4) is 0 Å². The molecule has 1 atom stereocenters. The summed E-state index contributed by atoms with van der Waals surface area (Å²) in [5.74, 6) is 0. The number of rotatable bonds is 4. The van der Waals surface area contributed by atoms with Gasteiger partial charge in [0.15, 0.2) is 0 Å². The van der Waals surface area contributed by atoms with Gasteiger partial charge in [-0.1, -0.05) is 0 Å². The van der Waals surface area contributed by atoms with Crippen molar-refractivity contribution in [3.8, 4) is 0 Å². The van der Waals surface area contributed by atoms with Crippen molar-refractivity contribution in [2.75, 3.05) is 13.1 Å². The van der Waals surface area contributed by atoms with Gasteiger partial charge in [-0.15, -0.1) is 0 Å². The van der Waals surface area contributed by atoms with E-state index >= 15 is 0 Å². The van der Waals surface area contributed by atoms with E-state index in [1.54, 1.807) is 0 Å². The second-order valence-corrected chi connectivity index (χ2v) is 7.75. The van der Waals surface area contributed by atoms with E-state index in [0.717, 1.165) is 19.4 Å². The van der Waals surface area contributed by atoms with Crippen molar-refractivity contribution in [1.82, 2.24) is 15.5 Å². The Morgan fingerprint density at radius 2 is 1.86 bits per heavy atom. The number of carbonyl (C=O) groups excluding carboxylic acids is 1. The van der Waals surface area contributed by atoms with Gasteiger partial charge in [0.1, 0.15) is 5.60 Å². The number of nitrogens with one attached hydrogen (secondary N) is 2. The van der Waals surface area contributed by atoms with E-state index < -0.39 is 5.60 Å². The lowest BCUT2D eigenvalue weighted by atomic mass is 9.86. The molecule has 2 aliphatic rings. The Morgan fingerprint density at radius 1 is 1.19 bits per heavy atom. The van der Waals surface area contributed by atoms with Crippen LogP contribution in [0.5, 0.6) is 0 Å². The van der Waals surface area contributed by atoms with Crippen LogP contribution >= 0.6 is 0 Å². The fourth-order valence-corrected chi connectivity index (χ4v) is 3.07. The van der Waals surface area contributed by atoms with E-state index in [9.17, 15) is 4.79 Å². The monoisotopic (exact) mass is 297 g/mol. The minimum Gasteiger partial charge on any atom is -0.444 e. The van der Waals surface area contributed by atoms with Gasteiger partial charge in [0.25, 0.3) is 0 Å². The Morgan fingerprint density at radius 3 is 2.38 bits per heavy atom. The van der Waals surface area contributed by atoms with Crippen molar-refractivity contribution in [3.63, 3.8) is 0 Å². The fourth-order valence-electron chi connectivity index (χ4n) is 3.07. The van der Waals surface area contributed by atoms with Crippen LogP contribution in [0, 0.1) is 0 Å². The average Bonchev–Trinajstić information content (AvgIpc) is 2.72. The van der Waals surface area contributed by atoms with Gasteiger partial charge in [-0.25, -0.2) is 4.79 Å². The Hall–Kier alpha value is -0.810. The molecule has 1 aliphatic carbocycles. The predicted octanol–water partition coefficient (Wildman–Crippen LogP) is 2.11. The highest BCUT2D eigenvalue weighted by atomic mass is 16.6. The zero-order valence-electron chi connectivity index (χ0n) is 14.1. The molecule has 1 heterocycles. The minimum atomic E-state index is -0.421. The van der Waals surface area contributed by atoms with Gasteiger partial charge in [0.05, 0.1) is 0 Å². The topological polar surface area (TPSA) is 53.6 Å². The maximum atomic E-state index is 11.7. The minimum absolute atomic E-state index is 0.264. The number of hydrogen-bond acceptors (Lipinski definition) is 4.